The van der Waals surface area contributed by atoms with Gasteiger partial charge >= 0.3 is 0 Å². The molecule has 1 aromatic heterocycles. The van der Waals surface area contributed by atoms with Crippen LogP contribution in [0.25, 0.3) is 0 Å². The van der Waals surface area contributed by atoms with E-state index in [0.29, 0.717) is 12.6 Å². The Hall–Kier alpha value is 0.0600. The number of methoxy groups -OCH3 is 1. The molecule has 2 atom stereocenters. The van der Waals surface area contributed by atoms with Crippen molar-refractivity contribution in [1.29, 1.82) is 0 Å². The average molecular weight is 333 g/mol. The normalized spacial score (nSPS) is 27.3. The van der Waals surface area contributed by atoms with Gasteiger partial charge in [0, 0.05) is 29.5 Å². The fourth-order valence-corrected chi connectivity index (χ4v) is 4.43. The molecule has 5 heteroatoms. The Kier molecular flexibility index (Phi) is 4.83. The molecule has 0 aliphatic carbocycles. The predicted octanol–water partition coefficient (Wildman–Crippen LogP) is 3.01. The molecule has 18 heavy (non-hydrogen) atoms. The Bertz CT molecular complexity index is 398. The third kappa shape index (κ3) is 2.96. The summed E-state index contributed by atoms with van der Waals surface area (Å²) in [6.07, 6.45) is 2.30. The minimum absolute atomic E-state index is 0.0323. The second-order valence-corrected chi connectivity index (χ2v) is 6.91. The Morgan fingerprint density at radius 2 is 2.44 bits per heavy atom. The molecule has 0 bridgehead atoms. The lowest BCUT2D eigenvalue weighted by atomic mass is 9.93. The highest BCUT2D eigenvalue weighted by molar-refractivity contribution is 9.10. The average Bonchev–Trinajstić information content (AvgIpc) is 2.77. The molecule has 2 heterocycles. The number of ether oxygens (including phenoxy) is 1. The number of nitrogens with zero attached hydrogens (tertiary/aromatic N) is 1. The maximum atomic E-state index is 6.00. The number of hydrogen-bond donors (Lipinski definition) is 1. The van der Waals surface area contributed by atoms with Crippen LogP contribution in [0, 0.1) is 0 Å². The van der Waals surface area contributed by atoms with Crippen molar-refractivity contribution in [2.24, 2.45) is 5.73 Å². The summed E-state index contributed by atoms with van der Waals surface area (Å²) in [5, 5.41) is 2.11. The van der Waals surface area contributed by atoms with Crippen LogP contribution < -0.4 is 5.73 Å². The van der Waals surface area contributed by atoms with Crippen LogP contribution in [0.15, 0.2) is 15.9 Å². The maximum absolute atomic E-state index is 6.00. The SMILES string of the molecule is COC1(C)CCCN(C(CN)c2sccc2Br)C1. The smallest absolute Gasteiger partial charge is 0.0777 e. The summed E-state index contributed by atoms with van der Waals surface area (Å²) in [7, 11) is 1.81. The third-order valence-electron chi connectivity index (χ3n) is 3.79. The number of rotatable bonds is 4. The molecule has 2 N–H and O–H groups in total. The molecule has 3 nitrogen and oxygen atoms in total. The van der Waals surface area contributed by atoms with E-state index in [1.807, 2.05) is 7.11 Å². The van der Waals surface area contributed by atoms with Crippen molar-refractivity contribution >= 4 is 27.3 Å². The van der Waals surface area contributed by atoms with E-state index in [4.69, 9.17) is 10.5 Å². The molecule has 1 aromatic rings. The first-order valence-electron chi connectivity index (χ1n) is 6.32. The van der Waals surface area contributed by atoms with Crippen molar-refractivity contribution in [2.75, 3.05) is 26.7 Å². The quantitative estimate of drug-likeness (QED) is 0.921. The monoisotopic (exact) mass is 332 g/mol. The maximum Gasteiger partial charge on any atom is 0.0777 e. The van der Waals surface area contributed by atoms with Crippen LogP contribution in [0.4, 0.5) is 0 Å². The van der Waals surface area contributed by atoms with Crippen LogP contribution >= 0.6 is 27.3 Å². The number of likely N-dealkylation sites (tertiary alicyclic amines) is 1. The van der Waals surface area contributed by atoms with Crippen molar-refractivity contribution in [3.63, 3.8) is 0 Å². The van der Waals surface area contributed by atoms with Crippen LogP contribution in [-0.2, 0) is 4.74 Å². The van der Waals surface area contributed by atoms with Gasteiger partial charge in [0.25, 0.3) is 0 Å². The lowest BCUT2D eigenvalue weighted by Crippen LogP contribution is -2.49. The highest BCUT2D eigenvalue weighted by atomic mass is 79.9. The third-order valence-corrected chi connectivity index (χ3v) is 5.76. The number of piperidine rings is 1. The molecule has 102 valence electrons. The summed E-state index contributed by atoms with van der Waals surface area (Å²) in [6, 6.07) is 2.40. The largest absolute Gasteiger partial charge is 0.377 e. The van der Waals surface area contributed by atoms with Crippen molar-refractivity contribution < 1.29 is 4.74 Å². The molecule has 2 unspecified atom stereocenters. The molecule has 1 fully saturated rings. The van der Waals surface area contributed by atoms with Crippen molar-refractivity contribution in [2.45, 2.75) is 31.4 Å². The van der Waals surface area contributed by atoms with E-state index >= 15 is 0 Å². The second kappa shape index (κ2) is 6.01. The van der Waals surface area contributed by atoms with Gasteiger partial charge in [-0.15, -0.1) is 11.3 Å². The zero-order valence-corrected chi connectivity index (χ0v) is 13.4. The number of thiophene rings is 1. The molecule has 0 amide bonds. The Morgan fingerprint density at radius 1 is 1.67 bits per heavy atom. The highest BCUT2D eigenvalue weighted by Gasteiger charge is 2.34. The molecule has 0 aromatic carbocycles. The predicted molar refractivity (Wildman–Crippen MR) is 80.0 cm³/mol. The van der Waals surface area contributed by atoms with Crippen LogP contribution in [0.1, 0.15) is 30.7 Å². The molecule has 1 aliphatic rings. The van der Waals surface area contributed by atoms with E-state index in [1.165, 1.54) is 15.8 Å². The lowest BCUT2D eigenvalue weighted by Gasteiger charge is -2.42. The van der Waals surface area contributed by atoms with Gasteiger partial charge in [0.2, 0.25) is 0 Å². The number of halogens is 1. The first-order valence-corrected chi connectivity index (χ1v) is 7.99. The topological polar surface area (TPSA) is 38.5 Å². The summed E-state index contributed by atoms with van der Waals surface area (Å²) in [6.45, 7) is 4.90. The molecule has 0 saturated carbocycles. The van der Waals surface area contributed by atoms with E-state index in [1.54, 1.807) is 11.3 Å². The minimum atomic E-state index is -0.0323. The molecule has 2 rings (SSSR count). The molecule has 0 radical (unpaired) electrons. The van der Waals surface area contributed by atoms with Gasteiger partial charge in [-0.25, -0.2) is 0 Å². The molecule has 1 aliphatic heterocycles. The summed E-state index contributed by atoms with van der Waals surface area (Å²) >= 11 is 5.39. The first-order chi connectivity index (χ1) is 8.59. The van der Waals surface area contributed by atoms with Gasteiger partial charge in [-0.2, -0.15) is 0 Å². The Morgan fingerprint density at radius 3 is 3.00 bits per heavy atom. The van der Waals surface area contributed by atoms with Crippen molar-refractivity contribution in [3.05, 3.63) is 20.8 Å². The summed E-state index contributed by atoms with van der Waals surface area (Å²) in [5.41, 5.74) is 5.96. The van der Waals surface area contributed by atoms with E-state index in [2.05, 4.69) is 39.2 Å². The molecule has 1 saturated heterocycles. The fraction of sp³-hybridized carbons (Fsp3) is 0.692. The molecule has 0 spiro atoms. The first kappa shape index (κ1) is 14.5. The van der Waals surface area contributed by atoms with Gasteiger partial charge in [0.05, 0.1) is 11.6 Å². The van der Waals surface area contributed by atoms with Gasteiger partial charge in [-0.05, 0) is 53.7 Å². The molecular weight excluding hydrogens is 312 g/mol. The Labute approximate surface area is 121 Å². The zero-order chi connectivity index (χ0) is 13.2. The van der Waals surface area contributed by atoms with E-state index in [9.17, 15) is 0 Å². The van der Waals surface area contributed by atoms with Crippen LogP contribution in [0.5, 0.6) is 0 Å². The van der Waals surface area contributed by atoms with Crippen LogP contribution in [-0.4, -0.2) is 37.2 Å². The zero-order valence-electron chi connectivity index (χ0n) is 11.0. The Balaban J connectivity index is 2.16. The van der Waals surface area contributed by atoms with E-state index in [0.717, 1.165) is 19.5 Å². The van der Waals surface area contributed by atoms with Crippen LogP contribution in [0.2, 0.25) is 0 Å². The number of hydrogen-bond acceptors (Lipinski definition) is 4. The van der Waals surface area contributed by atoms with Crippen LogP contribution in [0.3, 0.4) is 0 Å². The van der Waals surface area contributed by atoms with Gasteiger partial charge in [-0.3, -0.25) is 4.90 Å². The van der Waals surface area contributed by atoms with Gasteiger partial charge in [0.15, 0.2) is 0 Å². The number of nitrogens with two attached hydrogens (primary N) is 1. The lowest BCUT2D eigenvalue weighted by molar-refractivity contribution is -0.0605. The van der Waals surface area contributed by atoms with Gasteiger partial charge in [0.1, 0.15) is 0 Å². The van der Waals surface area contributed by atoms with Gasteiger partial charge in [-0.1, -0.05) is 0 Å². The summed E-state index contributed by atoms with van der Waals surface area (Å²) < 4.78 is 6.83. The van der Waals surface area contributed by atoms with E-state index < -0.39 is 0 Å². The molecular formula is C13H21BrN2OS. The highest BCUT2D eigenvalue weighted by Crippen LogP contribution is 2.35. The second-order valence-electron chi connectivity index (χ2n) is 5.11. The standard InChI is InChI=1S/C13H21BrN2OS/c1-13(17-2)5-3-6-16(9-13)11(8-15)12-10(14)4-7-18-12/h4,7,11H,3,5-6,8-9,15H2,1-2H3. The van der Waals surface area contributed by atoms with E-state index in [-0.39, 0.29) is 5.60 Å². The summed E-state index contributed by atoms with van der Waals surface area (Å²) in [5.74, 6) is 0. The van der Waals surface area contributed by atoms with Crippen molar-refractivity contribution in [3.8, 4) is 0 Å². The minimum Gasteiger partial charge on any atom is -0.377 e. The van der Waals surface area contributed by atoms with Crippen molar-refractivity contribution in [1.82, 2.24) is 4.90 Å². The van der Waals surface area contributed by atoms with Gasteiger partial charge < -0.3 is 10.5 Å². The fourth-order valence-electron chi connectivity index (χ4n) is 2.64. The summed E-state index contributed by atoms with van der Waals surface area (Å²) in [4.78, 5) is 3.79.